The van der Waals surface area contributed by atoms with Crippen molar-refractivity contribution in [2.24, 2.45) is 0 Å². The molecule has 0 unspecified atom stereocenters. The molecule has 5 nitrogen and oxygen atoms in total. The fraction of sp³-hybridized carbons (Fsp3) is 0.533. The third-order valence-corrected chi connectivity index (χ3v) is 4.55. The lowest BCUT2D eigenvalue weighted by molar-refractivity contribution is -0.142. The van der Waals surface area contributed by atoms with Gasteiger partial charge in [-0.25, -0.2) is 8.42 Å². The highest BCUT2D eigenvalue weighted by Crippen LogP contribution is 2.17. The van der Waals surface area contributed by atoms with E-state index in [1.807, 2.05) is 0 Å². The average Bonchev–Trinajstić information content (AvgIpc) is 2.47. The molecule has 1 rings (SSSR count). The fourth-order valence-electron chi connectivity index (χ4n) is 1.56. The second-order valence-corrected chi connectivity index (χ2v) is 6.68. The van der Waals surface area contributed by atoms with Crippen LogP contribution in [-0.2, 0) is 19.4 Å². The van der Waals surface area contributed by atoms with Crippen LogP contribution in [0.2, 0.25) is 0 Å². The van der Waals surface area contributed by atoms with E-state index in [1.54, 1.807) is 19.1 Å². The third kappa shape index (κ3) is 6.16. The van der Waals surface area contributed by atoms with Crippen LogP contribution < -0.4 is 4.74 Å². The van der Waals surface area contributed by atoms with E-state index >= 15 is 0 Å². The van der Waals surface area contributed by atoms with E-state index < -0.39 is 15.8 Å². The number of esters is 1. The first kappa shape index (κ1) is 17.5. The van der Waals surface area contributed by atoms with E-state index in [0.717, 1.165) is 12.8 Å². The second-order valence-electron chi connectivity index (χ2n) is 4.57. The van der Waals surface area contributed by atoms with Crippen molar-refractivity contribution in [2.75, 3.05) is 19.0 Å². The molecule has 0 N–H and O–H groups in total. The summed E-state index contributed by atoms with van der Waals surface area (Å²) in [5.41, 5.74) is 0. The van der Waals surface area contributed by atoms with E-state index in [9.17, 15) is 13.2 Å². The monoisotopic (exact) mass is 314 g/mol. The van der Waals surface area contributed by atoms with Crippen molar-refractivity contribution in [1.29, 1.82) is 0 Å². The molecule has 0 saturated heterocycles. The van der Waals surface area contributed by atoms with E-state index in [-0.39, 0.29) is 23.7 Å². The number of hydrogen-bond donors (Lipinski definition) is 0. The molecule has 118 valence electrons. The van der Waals surface area contributed by atoms with Gasteiger partial charge in [0.1, 0.15) is 12.4 Å². The fourth-order valence-corrected chi connectivity index (χ4v) is 2.65. The third-order valence-electron chi connectivity index (χ3n) is 2.85. The van der Waals surface area contributed by atoms with Crippen LogP contribution in [0.4, 0.5) is 0 Å². The van der Waals surface area contributed by atoms with Crippen LogP contribution in [-0.4, -0.2) is 33.4 Å². The smallest absolute Gasteiger partial charge is 0.305 e. The number of ether oxygens (including phenoxy) is 2. The predicted molar refractivity (Wildman–Crippen MR) is 80.1 cm³/mol. The lowest BCUT2D eigenvalue weighted by Crippen LogP contribution is -2.15. The zero-order valence-corrected chi connectivity index (χ0v) is 13.3. The van der Waals surface area contributed by atoms with Crippen LogP contribution in [0.1, 0.15) is 33.1 Å². The molecular weight excluding hydrogens is 292 g/mol. The SMILES string of the molecule is CCCCOc1ccc(S(=O)(=O)CCOC(=O)CC)cc1. The van der Waals surface area contributed by atoms with Gasteiger partial charge in [0.05, 0.1) is 17.3 Å². The van der Waals surface area contributed by atoms with Gasteiger partial charge in [-0.15, -0.1) is 0 Å². The molecule has 21 heavy (non-hydrogen) atoms. The number of sulfone groups is 1. The van der Waals surface area contributed by atoms with Crippen LogP contribution in [0, 0.1) is 0 Å². The number of carbonyl (C=O) groups excluding carboxylic acids is 1. The van der Waals surface area contributed by atoms with E-state index in [0.29, 0.717) is 12.4 Å². The number of unbranched alkanes of at least 4 members (excludes halogenated alkanes) is 1. The zero-order valence-electron chi connectivity index (χ0n) is 12.5. The Morgan fingerprint density at radius 2 is 1.76 bits per heavy atom. The van der Waals surface area contributed by atoms with Crippen molar-refractivity contribution in [3.63, 3.8) is 0 Å². The van der Waals surface area contributed by atoms with Gasteiger partial charge in [0.2, 0.25) is 0 Å². The first-order valence-electron chi connectivity index (χ1n) is 7.10. The molecule has 1 aromatic rings. The molecule has 1 aromatic carbocycles. The van der Waals surface area contributed by atoms with Gasteiger partial charge < -0.3 is 9.47 Å². The molecule has 0 aliphatic heterocycles. The molecule has 0 atom stereocenters. The summed E-state index contributed by atoms with van der Waals surface area (Å²) in [7, 11) is -3.44. The Morgan fingerprint density at radius 1 is 1.10 bits per heavy atom. The molecule has 0 fully saturated rings. The van der Waals surface area contributed by atoms with Gasteiger partial charge in [0.25, 0.3) is 0 Å². The molecule has 0 aromatic heterocycles. The minimum absolute atomic E-state index is 0.121. The van der Waals surface area contributed by atoms with Crippen molar-refractivity contribution in [3.05, 3.63) is 24.3 Å². The van der Waals surface area contributed by atoms with Crippen molar-refractivity contribution in [3.8, 4) is 5.75 Å². The van der Waals surface area contributed by atoms with Gasteiger partial charge in [0, 0.05) is 6.42 Å². The molecule has 0 aliphatic carbocycles. The molecule has 0 aliphatic rings. The zero-order chi connectivity index (χ0) is 15.7. The lowest BCUT2D eigenvalue weighted by Gasteiger charge is -2.08. The molecular formula is C15H22O5S. The maximum Gasteiger partial charge on any atom is 0.305 e. The second kappa shape index (κ2) is 8.67. The summed E-state index contributed by atoms with van der Waals surface area (Å²) in [5, 5.41) is 0. The standard InChI is InChI=1S/C15H22O5S/c1-3-5-10-19-13-6-8-14(9-7-13)21(17,18)12-11-20-15(16)4-2/h6-9H,3-5,10-12H2,1-2H3. The van der Waals surface area contributed by atoms with Gasteiger partial charge in [-0.3, -0.25) is 4.79 Å². The summed E-state index contributed by atoms with van der Waals surface area (Å²) < 4.78 is 34.4. The quantitative estimate of drug-likeness (QED) is 0.517. The summed E-state index contributed by atoms with van der Waals surface area (Å²) in [4.78, 5) is 11.2. The summed E-state index contributed by atoms with van der Waals surface area (Å²) in [5.74, 6) is 0.0408. The largest absolute Gasteiger partial charge is 0.494 e. The predicted octanol–water partition coefficient (Wildman–Crippen LogP) is 2.59. The van der Waals surface area contributed by atoms with Crippen molar-refractivity contribution >= 4 is 15.8 Å². The lowest BCUT2D eigenvalue weighted by atomic mass is 10.3. The molecule has 0 heterocycles. The summed E-state index contributed by atoms with van der Waals surface area (Å²) in [6.45, 7) is 4.23. The van der Waals surface area contributed by atoms with Gasteiger partial charge in [-0.2, -0.15) is 0 Å². The topological polar surface area (TPSA) is 69.7 Å². The molecule has 0 radical (unpaired) electrons. The van der Waals surface area contributed by atoms with Crippen LogP contribution >= 0.6 is 0 Å². The van der Waals surface area contributed by atoms with Gasteiger partial charge in [0.15, 0.2) is 9.84 Å². The molecule has 6 heteroatoms. The Morgan fingerprint density at radius 3 is 2.33 bits per heavy atom. The van der Waals surface area contributed by atoms with Gasteiger partial charge in [-0.1, -0.05) is 20.3 Å². The maximum absolute atomic E-state index is 12.0. The Hall–Kier alpha value is -1.56. The van der Waals surface area contributed by atoms with Gasteiger partial charge >= 0.3 is 5.97 Å². The Balaban J connectivity index is 2.56. The first-order valence-corrected chi connectivity index (χ1v) is 8.76. The van der Waals surface area contributed by atoms with E-state index in [1.165, 1.54) is 12.1 Å². The molecule has 0 bridgehead atoms. The van der Waals surface area contributed by atoms with Crippen LogP contribution in [0.15, 0.2) is 29.2 Å². The van der Waals surface area contributed by atoms with Crippen LogP contribution in [0.3, 0.4) is 0 Å². The summed E-state index contributed by atoms with van der Waals surface area (Å²) in [6.07, 6.45) is 2.25. The van der Waals surface area contributed by atoms with E-state index in [2.05, 4.69) is 6.92 Å². The number of hydrogen-bond acceptors (Lipinski definition) is 5. The molecule has 0 amide bonds. The summed E-state index contributed by atoms with van der Waals surface area (Å²) >= 11 is 0. The van der Waals surface area contributed by atoms with Crippen LogP contribution in [0.25, 0.3) is 0 Å². The van der Waals surface area contributed by atoms with Crippen molar-refractivity contribution in [2.45, 2.75) is 38.0 Å². The minimum atomic E-state index is -3.44. The van der Waals surface area contributed by atoms with Crippen LogP contribution in [0.5, 0.6) is 5.75 Å². The van der Waals surface area contributed by atoms with Crippen molar-refractivity contribution < 1.29 is 22.7 Å². The summed E-state index contributed by atoms with van der Waals surface area (Å²) in [6, 6.07) is 6.30. The van der Waals surface area contributed by atoms with E-state index in [4.69, 9.17) is 9.47 Å². The first-order chi connectivity index (χ1) is 9.99. The van der Waals surface area contributed by atoms with Crippen molar-refractivity contribution in [1.82, 2.24) is 0 Å². The maximum atomic E-state index is 12.0. The highest BCUT2D eigenvalue weighted by atomic mass is 32.2. The highest BCUT2D eigenvalue weighted by Gasteiger charge is 2.15. The normalized spacial score (nSPS) is 11.1. The number of rotatable bonds is 9. The average molecular weight is 314 g/mol. The molecule has 0 spiro atoms. The molecule has 0 saturated carbocycles. The Kier molecular flexibility index (Phi) is 7.22. The number of carbonyl (C=O) groups is 1. The minimum Gasteiger partial charge on any atom is -0.494 e. The number of benzene rings is 1. The Labute approximate surface area is 126 Å². The van der Waals surface area contributed by atoms with Gasteiger partial charge in [-0.05, 0) is 30.7 Å². The highest BCUT2D eigenvalue weighted by molar-refractivity contribution is 7.91. The Bertz CT molecular complexity index is 534.